The van der Waals surface area contributed by atoms with Gasteiger partial charge in [0.25, 0.3) is 0 Å². The largest absolute Gasteiger partial charge is 0.497 e. The van der Waals surface area contributed by atoms with Gasteiger partial charge in [0.1, 0.15) is 24.1 Å². The number of aryl methyl sites for hydroxylation is 1. The van der Waals surface area contributed by atoms with Crippen LogP contribution in [0.15, 0.2) is 66.7 Å². The molecule has 4 nitrogen and oxygen atoms in total. The van der Waals surface area contributed by atoms with Gasteiger partial charge in [-0.2, -0.15) is 4.57 Å². The van der Waals surface area contributed by atoms with Gasteiger partial charge in [-0.25, -0.2) is 4.39 Å². The maximum Gasteiger partial charge on any atom is 0.240 e. The van der Waals surface area contributed by atoms with Gasteiger partial charge in [0.05, 0.1) is 29.1 Å². The Balaban J connectivity index is 1.84. The molecule has 0 amide bonds. The summed E-state index contributed by atoms with van der Waals surface area (Å²) in [5.41, 5.74) is 5.79. The molecule has 0 saturated heterocycles. The van der Waals surface area contributed by atoms with Crippen molar-refractivity contribution in [1.82, 2.24) is 4.98 Å². The first-order chi connectivity index (χ1) is 13.7. The average Bonchev–Trinajstić information content (AvgIpc) is 3.10. The molecule has 0 unspecified atom stereocenters. The van der Waals surface area contributed by atoms with Gasteiger partial charge in [-0.1, -0.05) is 12.1 Å². The van der Waals surface area contributed by atoms with E-state index in [1.807, 2.05) is 43.4 Å². The molecular formula is C23H19FN3O+. The molecule has 0 aliphatic heterocycles. The van der Waals surface area contributed by atoms with Crippen LogP contribution in [0.5, 0.6) is 5.75 Å². The summed E-state index contributed by atoms with van der Waals surface area (Å²) in [7, 11) is 3.67. The van der Waals surface area contributed by atoms with Gasteiger partial charge in [-0.05, 0) is 48.5 Å². The zero-order valence-corrected chi connectivity index (χ0v) is 15.6. The number of hydrogen-bond donors (Lipinski definition) is 2. The molecule has 0 spiro atoms. The second-order valence-electron chi connectivity index (χ2n) is 6.84. The highest BCUT2D eigenvalue weighted by Crippen LogP contribution is 2.35. The fourth-order valence-electron chi connectivity index (χ4n) is 3.86. The van der Waals surface area contributed by atoms with Gasteiger partial charge in [0.2, 0.25) is 11.0 Å². The average molecular weight is 372 g/mol. The van der Waals surface area contributed by atoms with E-state index in [9.17, 15) is 4.39 Å². The number of methoxy groups -OCH3 is 1. The summed E-state index contributed by atoms with van der Waals surface area (Å²) in [6.45, 7) is 0. The van der Waals surface area contributed by atoms with Gasteiger partial charge >= 0.3 is 0 Å². The van der Waals surface area contributed by atoms with Crippen molar-refractivity contribution in [2.75, 3.05) is 12.4 Å². The Hall–Kier alpha value is -3.60. The van der Waals surface area contributed by atoms with Crippen molar-refractivity contribution < 1.29 is 13.7 Å². The van der Waals surface area contributed by atoms with Crippen LogP contribution in [0, 0.1) is 5.82 Å². The fraction of sp³-hybridized carbons (Fsp3) is 0.0870. The third-order valence-electron chi connectivity index (χ3n) is 5.21. The van der Waals surface area contributed by atoms with Crippen LogP contribution in [0.25, 0.3) is 32.8 Å². The number of hydrogen-bond acceptors (Lipinski definition) is 2. The SMILES string of the molecule is COc1ccc(Nc2c3ccccc3[n+](C)c3c2[nH]c2ccc(F)cc23)cc1. The van der Waals surface area contributed by atoms with Crippen molar-refractivity contribution in [3.8, 4) is 5.75 Å². The first-order valence-corrected chi connectivity index (χ1v) is 9.08. The third-order valence-corrected chi connectivity index (χ3v) is 5.21. The molecule has 5 heteroatoms. The molecule has 0 saturated carbocycles. The molecule has 3 aromatic carbocycles. The van der Waals surface area contributed by atoms with Crippen LogP contribution in [0.3, 0.4) is 0 Å². The van der Waals surface area contributed by atoms with Crippen molar-refractivity contribution in [2.24, 2.45) is 7.05 Å². The minimum absolute atomic E-state index is 0.244. The van der Waals surface area contributed by atoms with Crippen LogP contribution in [-0.2, 0) is 7.05 Å². The van der Waals surface area contributed by atoms with Gasteiger partial charge in [-0.15, -0.1) is 0 Å². The Bertz CT molecular complexity index is 1340. The number of nitrogens with zero attached hydrogens (tertiary/aromatic N) is 1. The quantitative estimate of drug-likeness (QED) is 0.428. The monoisotopic (exact) mass is 372 g/mol. The molecule has 0 fully saturated rings. The normalized spacial score (nSPS) is 11.4. The van der Waals surface area contributed by atoms with Crippen LogP contribution < -0.4 is 14.6 Å². The van der Waals surface area contributed by atoms with Crippen molar-refractivity contribution in [3.63, 3.8) is 0 Å². The molecule has 28 heavy (non-hydrogen) atoms. The highest BCUT2D eigenvalue weighted by atomic mass is 19.1. The highest BCUT2D eigenvalue weighted by molar-refractivity contribution is 6.13. The Morgan fingerprint density at radius 2 is 1.75 bits per heavy atom. The molecule has 0 bridgehead atoms. The lowest BCUT2D eigenvalue weighted by Gasteiger charge is -2.11. The number of nitrogens with one attached hydrogen (secondary N) is 2. The fourth-order valence-corrected chi connectivity index (χ4v) is 3.86. The molecule has 2 N–H and O–H groups in total. The first kappa shape index (κ1) is 16.6. The molecule has 5 aromatic rings. The third kappa shape index (κ3) is 2.47. The zero-order chi connectivity index (χ0) is 19.3. The van der Waals surface area contributed by atoms with Crippen LogP contribution in [-0.4, -0.2) is 12.1 Å². The molecule has 0 atom stereocenters. The molecule has 2 aromatic heterocycles. The predicted octanol–water partition coefficient (Wildman–Crippen LogP) is 5.19. The smallest absolute Gasteiger partial charge is 0.240 e. The van der Waals surface area contributed by atoms with Crippen molar-refractivity contribution in [2.45, 2.75) is 0 Å². The second-order valence-corrected chi connectivity index (χ2v) is 6.84. The van der Waals surface area contributed by atoms with Gasteiger partial charge in [0, 0.05) is 11.8 Å². The van der Waals surface area contributed by atoms with Crippen LogP contribution in [0.2, 0.25) is 0 Å². The minimum atomic E-state index is -0.244. The Kier molecular flexibility index (Phi) is 3.69. The van der Waals surface area contributed by atoms with E-state index >= 15 is 0 Å². The molecule has 2 heterocycles. The lowest BCUT2D eigenvalue weighted by atomic mass is 10.1. The number of anilines is 2. The Labute approximate surface area is 161 Å². The van der Waals surface area contributed by atoms with E-state index in [4.69, 9.17) is 4.74 Å². The lowest BCUT2D eigenvalue weighted by Crippen LogP contribution is -2.30. The summed E-state index contributed by atoms with van der Waals surface area (Å²) in [4.78, 5) is 3.47. The van der Waals surface area contributed by atoms with E-state index in [2.05, 4.69) is 27.0 Å². The van der Waals surface area contributed by atoms with Crippen LogP contribution in [0.1, 0.15) is 0 Å². The number of halogens is 1. The van der Waals surface area contributed by atoms with Crippen molar-refractivity contribution in [1.29, 1.82) is 0 Å². The maximum absolute atomic E-state index is 14.0. The number of aromatic nitrogens is 2. The van der Waals surface area contributed by atoms with E-state index in [1.54, 1.807) is 19.2 Å². The summed E-state index contributed by atoms with van der Waals surface area (Å²) < 4.78 is 21.3. The van der Waals surface area contributed by atoms with E-state index in [-0.39, 0.29) is 5.82 Å². The molecule has 0 aliphatic carbocycles. The molecule has 5 rings (SSSR count). The van der Waals surface area contributed by atoms with E-state index < -0.39 is 0 Å². The number of para-hydroxylation sites is 1. The number of fused-ring (bicyclic) bond motifs is 4. The standard InChI is InChI=1S/C23H18FN3O/c1-27-20-6-4-3-5-17(20)21(25-15-8-10-16(28-2)11-9-15)22-23(27)18-13-14(24)7-12-19(18)26-22/h3-13H,1-2H3,(H,25,26)/p+1. The summed E-state index contributed by atoms with van der Waals surface area (Å²) in [5, 5.41) is 5.50. The lowest BCUT2D eigenvalue weighted by molar-refractivity contribution is -0.616. The highest BCUT2D eigenvalue weighted by Gasteiger charge is 2.22. The first-order valence-electron chi connectivity index (χ1n) is 9.08. The van der Waals surface area contributed by atoms with Crippen molar-refractivity contribution in [3.05, 3.63) is 72.5 Å². The number of aromatic amines is 1. The van der Waals surface area contributed by atoms with Crippen LogP contribution in [0.4, 0.5) is 15.8 Å². The van der Waals surface area contributed by atoms with Gasteiger partial charge in [-0.3, -0.25) is 0 Å². The molecule has 138 valence electrons. The summed E-state index contributed by atoms with van der Waals surface area (Å²) in [5.74, 6) is 0.562. The summed E-state index contributed by atoms with van der Waals surface area (Å²) in [6, 6.07) is 20.9. The summed E-state index contributed by atoms with van der Waals surface area (Å²) >= 11 is 0. The van der Waals surface area contributed by atoms with Gasteiger partial charge < -0.3 is 15.0 Å². The van der Waals surface area contributed by atoms with Gasteiger partial charge in [0.15, 0.2) is 0 Å². The topological polar surface area (TPSA) is 40.9 Å². The number of pyridine rings is 1. The maximum atomic E-state index is 14.0. The van der Waals surface area contributed by atoms with Crippen LogP contribution >= 0.6 is 0 Å². The van der Waals surface area contributed by atoms with E-state index in [1.165, 1.54) is 6.07 Å². The zero-order valence-electron chi connectivity index (χ0n) is 15.6. The molecule has 0 radical (unpaired) electrons. The predicted molar refractivity (Wildman–Crippen MR) is 111 cm³/mol. The number of benzene rings is 3. The Morgan fingerprint density at radius 1 is 0.964 bits per heavy atom. The Morgan fingerprint density at radius 3 is 2.54 bits per heavy atom. The van der Waals surface area contributed by atoms with E-state index in [0.717, 1.165) is 50.0 Å². The number of rotatable bonds is 3. The molecular weight excluding hydrogens is 353 g/mol. The van der Waals surface area contributed by atoms with Crippen molar-refractivity contribution >= 4 is 44.2 Å². The minimum Gasteiger partial charge on any atom is -0.497 e. The second kappa shape index (κ2) is 6.23. The van der Waals surface area contributed by atoms with E-state index in [0.29, 0.717) is 0 Å². The number of ether oxygens (including phenoxy) is 1. The summed E-state index contributed by atoms with van der Waals surface area (Å²) in [6.07, 6.45) is 0. The number of H-pyrrole nitrogens is 1. The molecule has 0 aliphatic rings.